The van der Waals surface area contributed by atoms with E-state index < -0.39 is 0 Å². The van der Waals surface area contributed by atoms with Crippen LogP contribution in [0.15, 0.2) is 35.1 Å². The fourth-order valence-electron chi connectivity index (χ4n) is 2.92. The maximum atomic E-state index is 13.2. The van der Waals surface area contributed by atoms with Gasteiger partial charge in [-0.3, -0.25) is 9.69 Å². The second-order valence-electron chi connectivity index (χ2n) is 5.61. The number of H-pyrrole nitrogens is 1. The first kappa shape index (κ1) is 13.9. The fourth-order valence-corrected chi connectivity index (χ4v) is 2.92. The molecule has 1 atom stereocenters. The first-order chi connectivity index (χ1) is 10.1. The van der Waals surface area contributed by atoms with Gasteiger partial charge in [-0.05, 0) is 37.6 Å². The Morgan fingerprint density at radius 2 is 2.29 bits per heavy atom. The average Bonchev–Trinajstić information content (AvgIpc) is 2.86. The summed E-state index contributed by atoms with van der Waals surface area (Å²) >= 11 is 0. The molecule has 5 heteroatoms. The Morgan fingerprint density at radius 3 is 3.05 bits per heavy atom. The van der Waals surface area contributed by atoms with Crippen molar-refractivity contribution < 1.29 is 4.39 Å². The van der Waals surface area contributed by atoms with E-state index in [0.29, 0.717) is 5.82 Å². The van der Waals surface area contributed by atoms with Gasteiger partial charge in [-0.15, -0.1) is 0 Å². The van der Waals surface area contributed by atoms with E-state index in [1.165, 1.54) is 6.07 Å². The van der Waals surface area contributed by atoms with Crippen LogP contribution in [0, 0.1) is 12.7 Å². The zero-order chi connectivity index (χ0) is 14.8. The number of likely N-dealkylation sites (tertiary alicyclic amines) is 1. The van der Waals surface area contributed by atoms with Gasteiger partial charge in [0.1, 0.15) is 11.6 Å². The van der Waals surface area contributed by atoms with E-state index in [1.807, 2.05) is 6.07 Å². The smallest absolute Gasteiger partial charge is 0.251 e. The van der Waals surface area contributed by atoms with Gasteiger partial charge in [0.15, 0.2) is 0 Å². The summed E-state index contributed by atoms with van der Waals surface area (Å²) in [5, 5.41) is 0. The summed E-state index contributed by atoms with van der Waals surface area (Å²) in [6.45, 7) is 4.32. The van der Waals surface area contributed by atoms with Crippen molar-refractivity contribution >= 4 is 0 Å². The summed E-state index contributed by atoms with van der Waals surface area (Å²) in [6.07, 6.45) is 0.977. The number of nitrogens with zero attached hydrogens (tertiary/aromatic N) is 2. The molecule has 1 fully saturated rings. The van der Waals surface area contributed by atoms with Crippen molar-refractivity contribution in [1.82, 2.24) is 14.9 Å². The van der Waals surface area contributed by atoms with Crippen LogP contribution in [0.2, 0.25) is 0 Å². The molecule has 1 aliphatic rings. The van der Waals surface area contributed by atoms with E-state index in [9.17, 15) is 9.18 Å². The lowest BCUT2D eigenvalue weighted by Crippen LogP contribution is -2.20. The molecule has 0 aliphatic carbocycles. The van der Waals surface area contributed by atoms with Crippen LogP contribution in [0.25, 0.3) is 0 Å². The van der Waals surface area contributed by atoms with Crippen LogP contribution < -0.4 is 5.56 Å². The molecule has 0 spiro atoms. The zero-order valence-corrected chi connectivity index (χ0v) is 12.0. The largest absolute Gasteiger partial charge is 0.311 e. The molecule has 0 radical (unpaired) electrons. The Hall–Kier alpha value is -2.01. The predicted octanol–water partition coefficient (Wildman–Crippen LogP) is 2.21. The van der Waals surface area contributed by atoms with Gasteiger partial charge in [0.2, 0.25) is 0 Å². The normalized spacial score (nSPS) is 19.0. The van der Waals surface area contributed by atoms with Gasteiger partial charge in [0.25, 0.3) is 5.56 Å². The maximum absolute atomic E-state index is 13.2. The number of aryl methyl sites for hydroxylation is 1. The van der Waals surface area contributed by atoms with Gasteiger partial charge in [-0.1, -0.05) is 12.1 Å². The molecular weight excluding hydrogens is 269 g/mol. The molecule has 3 rings (SSSR count). The van der Waals surface area contributed by atoms with Crippen molar-refractivity contribution in [3.63, 3.8) is 0 Å². The number of benzene rings is 1. The summed E-state index contributed by atoms with van der Waals surface area (Å²) in [4.78, 5) is 20.9. The number of hydrogen-bond donors (Lipinski definition) is 1. The van der Waals surface area contributed by atoms with E-state index >= 15 is 0 Å². The summed E-state index contributed by atoms with van der Waals surface area (Å²) in [5.74, 6) is 0.732. The standard InChI is InChI=1S/C16H18FN3O/c1-11-18-15(8-16(21)19-11)13-5-6-20(10-13)9-12-3-2-4-14(17)7-12/h2-4,7-8,13H,5-6,9-10H2,1H3,(H,18,19,21)/t13-/m1/s1. The van der Waals surface area contributed by atoms with Crippen LogP contribution in [0.4, 0.5) is 4.39 Å². The first-order valence-electron chi connectivity index (χ1n) is 7.15. The molecule has 4 nitrogen and oxygen atoms in total. The van der Waals surface area contributed by atoms with Gasteiger partial charge in [0, 0.05) is 25.1 Å². The molecule has 110 valence electrons. The molecule has 0 bridgehead atoms. The van der Waals surface area contributed by atoms with Gasteiger partial charge >= 0.3 is 0 Å². The van der Waals surface area contributed by atoms with Crippen molar-refractivity contribution in [2.45, 2.75) is 25.8 Å². The highest BCUT2D eigenvalue weighted by Crippen LogP contribution is 2.26. The van der Waals surface area contributed by atoms with Crippen molar-refractivity contribution in [2.24, 2.45) is 0 Å². The molecule has 0 amide bonds. The molecule has 1 aromatic heterocycles. The van der Waals surface area contributed by atoms with Gasteiger partial charge in [-0.25, -0.2) is 9.37 Å². The minimum absolute atomic E-state index is 0.0962. The second-order valence-corrected chi connectivity index (χ2v) is 5.61. The van der Waals surface area contributed by atoms with Crippen LogP contribution in [-0.4, -0.2) is 28.0 Å². The Labute approximate surface area is 122 Å². The van der Waals surface area contributed by atoms with Crippen molar-refractivity contribution in [1.29, 1.82) is 0 Å². The van der Waals surface area contributed by atoms with Gasteiger partial charge < -0.3 is 4.98 Å². The number of aromatic amines is 1. The van der Waals surface area contributed by atoms with Gasteiger partial charge in [0.05, 0.1) is 5.69 Å². The number of hydrogen-bond acceptors (Lipinski definition) is 3. The number of rotatable bonds is 3. The van der Waals surface area contributed by atoms with Crippen molar-refractivity contribution in [3.8, 4) is 0 Å². The SMILES string of the molecule is Cc1nc([C@@H]2CCN(Cc3cccc(F)c3)C2)cc(=O)[nH]1. The molecular formula is C16H18FN3O. The Morgan fingerprint density at radius 1 is 1.43 bits per heavy atom. The summed E-state index contributed by atoms with van der Waals surface area (Å²) in [7, 11) is 0. The minimum atomic E-state index is -0.199. The highest BCUT2D eigenvalue weighted by Gasteiger charge is 2.25. The van der Waals surface area contributed by atoms with Gasteiger partial charge in [-0.2, -0.15) is 0 Å². The Kier molecular flexibility index (Phi) is 3.84. The third-order valence-electron chi connectivity index (χ3n) is 3.87. The highest BCUT2D eigenvalue weighted by molar-refractivity contribution is 5.17. The lowest BCUT2D eigenvalue weighted by molar-refractivity contribution is 0.325. The third kappa shape index (κ3) is 3.36. The molecule has 0 unspecified atom stereocenters. The van der Waals surface area contributed by atoms with Crippen LogP contribution in [0.5, 0.6) is 0 Å². The predicted molar refractivity (Wildman–Crippen MR) is 78.6 cm³/mol. The topological polar surface area (TPSA) is 49.0 Å². The van der Waals surface area contributed by atoms with E-state index in [-0.39, 0.29) is 17.3 Å². The fraction of sp³-hybridized carbons (Fsp3) is 0.375. The molecule has 0 saturated carbocycles. The quantitative estimate of drug-likeness (QED) is 0.941. The monoisotopic (exact) mass is 287 g/mol. The lowest BCUT2D eigenvalue weighted by atomic mass is 10.0. The summed E-state index contributed by atoms with van der Waals surface area (Å²) in [6, 6.07) is 8.29. The Balaban J connectivity index is 1.69. The number of nitrogens with one attached hydrogen (secondary N) is 1. The lowest BCUT2D eigenvalue weighted by Gasteiger charge is -2.16. The van der Waals surface area contributed by atoms with Crippen LogP contribution in [-0.2, 0) is 6.54 Å². The van der Waals surface area contributed by atoms with E-state index in [2.05, 4.69) is 14.9 Å². The van der Waals surface area contributed by atoms with Crippen molar-refractivity contribution in [3.05, 3.63) is 63.6 Å². The molecule has 1 saturated heterocycles. The first-order valence-corrected chi connectivity index (χ1v) is 7.15. The number of aromatic nitrogens is 2. The average molecular weight is 287 g/mol. The van der Waals surface area contributed by atoms with E-state index in [4.69, 9.17) is 0 Å². The maximum Gasteiger partial charge on any atom is 0.251 e. The highest BCUT2D eigenvalue weighted by atomic mass is 19.1. The molecule has 1 N–H and O–H groups in total. The third-order valence-corrected chi connectivity index (χ3v) is 3.87. The second kappa shape index (κ2) is 5.77. The van der Waals surface area contributed by atoms with E-state index in [0.717, 1.165) is 37.3 Å². The van der Waals surface area contributed by atoms with E-state index in [1.54, 1.807) is 25.1 Å². The van der Waals surface area contributed by atoms with Crippen LogP contribution in [0.1, 0.15) is 29.4 Å². The molecule has 21 heavy (non-hydrogen) atoms. The van der Waals surface area contributed by atoms with Crippen LogP contribution in [0.3, 0.4) is 0 Å². The molecule has 1 aliphatic heterocycles. The minimum Gasteiger partial charge on any atom is -0.311 e. The van der Waals surface area contributed by atoms with Crippen LogP contribution >= 0.6 is 0 Å². The molecule has 2 aromatic rings. The summed E-state index contributed by atoms with van der Waals surface area (Å²) < 4.78 is 13.2. The summed E-state index contributed by atoms with van der Waals surface area (Å²) in [5.41, 5.74) is 1.74. The zero-order valence-electron chi connectivity index (χ0n) is 12.0. The Bertz CT molecular complexity index is 698. The van der Waals surface area contributed by atoms with Crippen molar-refractivity contribution in [2.75, 3.05) is 13.1 Å². The molecule has 2 heterocycles. The number of halogens is 1. The molecule has 1 aromatic carbocycles.